The van der Waals surface area contributed by atoms with Crippen molar-refractivity contribution in [3.05, 3.63) is 51.5 Å². The first-order valence-corrected chi connectivity index (χ1v) is 7.30. The van der Waals surface area contributed by atoms with E-state index >= 15 is 0 Å². The molecule has 2 N–H and O–H groups in total. The minimum atomic E-state index is -0.290. The van der Waals surface area contributed by atoms with Crippen molar-refractivity contribution >= 4 is 39.1 Å². The number of nitrogens with one attached hydrogen (secondary N) is 1. The van der Waals surface area contributed by atoms with Crippen molar-refractivity contribution < 1.29 is 14.6 Å². The second-order valence-corrected chi connectivity index (χ2v) is 5.71. The van der Waals surface area contributed by atoms with Gasteiger partial charge in [0.1, 0.15) is 11.5 Å². The third-order valence-electron chi connectivity index (χ3n) is 2.72. The number of aryl methyl sites for hydroxylation is 1. The summed E-state index contributed by atoms with van der Waals surface area (Å²) in [6.45, 7) is 1.64. The average Bonchev–Trinajstić information content (AvgIpc) is 2.44. The molecule has 0 aromatic heterocycles. The summed E-state index contributed by atoms with van der Waals surface area (Å²) in [5.41, 5.74) is 1.25. The molecule has 0 heterocycles. The molecule has 0 bridgehead atoms. The van der Waals surface area contributed by atoms with Crippen LogP contribution >= 0.6 is 27.5 Å². The summed E-state index contributed by atoms with van der Waals surface area (Å²) < 4.78 is 5.87. The SMILES string of the molecule is Cc1cc(NC(=O)COc2ccc(Cl)cc2)cc(Br)c1O. The van der Waals surface area contributed by atoms with Crippen LogP contribution in [0.25, 0.3) is 0 Å². The van der Waals surface area contributed by atoms with Crippen molar-refractivity contribution in [2.45, 2.75) is 6.92 Å². The van der Waals surface area contributed by atoms with Gasteiger partial charge >= 0.3 is 0 Å². The molecule has 0 aliphatic heterocycles. The fraction of sp³-hybridized carbons (Fsp3) is 0.133. The number of phenolic OH excluding ortho intramolecular Hbond substituents is 1. The predicted octanol–water partition coefficient (Wildman–Crippen LogP) is 4.13. The summed E-state index contributed by atoms with van der Waals surface area (Å²) in [7, 11) is 0. The summed E-state index contributed by atoms with van der Waals surface area (Å²) in [5.74, 6) is 0.435. The fourth-order valence-electron chi connectivity index (χ4n) is 1.69. The van der Waals surface area contributed by atoms with E-state index in [2.05, 4.69) is 21.2 Å². The Morgan fingerprint density at radius 1 is 1.33 bits per heavy atom. The first-order chi connectivity index (χ1) is 9.95. The highest BCUT2D eigenvalue weighted by atomic mass is 79.9. The van der Waals surface area contributed by atoms with Crippen molar-refractivity contribution in [3.8, 4) is 11.5 Å². The van der Waals surface area contributed by atoms with E-state index in [1.54, 1.807) is 43.3 Å². The number of hydrogen-bond acceptors (Lipinski definition) is 3. The predicted molar refractivity (Wildman–Crippen MR) is 86.1 cm³/mol. The highest BCUT2D eigenvalue weighted by Gasteiger charge is 2.08. The molecule has 2 aromatic carbocycles. The first kappa shape index (κ1) is 15.7. The lowest BCUT2D eigenvalue weighted by molar-refractivity contribution is -0.118. The van der Waals surface area contributed by atoms with E-state index in [0.717, 1.165) is 0 Å². The molecule has 2 aromatic rings. The number of anilines is 1. The molecular weight excluding hydrogens is 358 g/mol. The third-order valence-corrected chi connectivity index (χ3v) is 3.58. The highest BCUT2D eigenvalue weighted by Crippen LogP contribution is 2.30. The van der Waals surface area contributed by atoms with Crippen LogP contribution in [0.5, 0.6) is 11.5 Å². The number of aromatic hydroxyl groups is 1. The van der Waals surface area contributed by atoms with Gasteiger partial charge in [0.15, 0.2) is 6.61 Å². The Morgan fingerprint density at radius 3 is 2.62 bits per heavy atom. The number of benzene rings is 2. The van der Waals surface area contributed by atoms with Crippen molar-refractivity contribution in [2.24, 2.45) is 0 Å². The fourth-order valence-corrected chi connectivity index (χ4v) is 2.37. The van der Waals surface area contributed by atoms with E-state index in [1.807, 2.05) is 0 Å². The van der Waals surface area contributed by atoms with Gasteiger partial charge < -0.3 is 15.2 Å². The van der Waals surface area contributed by atoms with Crippen molar-refractivity contribution in [1.29, 1.82) is 0 Å². The lowest BCUT2D eigenvalue weighted by atomic mass is 10.2. The van der Waals surface area contributed by atoms with Crippen LogP contribution in [0.2, 0.25) is 5.02 Å². The van der Waals surface area contributed by atoms with Gasteiger partial charge in [-0.3, -0.25) is 4.79 Å². The Kier molecular flexibility index (Phi) is 5.09. The zero-order chi connectivity index (χ0) is 15.4. The van der Waals surface area contributed by atoms with E-state index in [4.69, 9.17) is 16.3 Å². The van der Waals surface area contributed by atoms with Crippen LogP contribution in [-0.2, 0) is 4.79 Å². The molecule has 0 aliphatic rings. The Bertz CT molecular complexity index is 635. The number of rotatable bonds is 4. The third kappa shape index (κ3) is 4.37. The van der Waals surface area contributed by atoms with E-state index in [-0.39, 0.29) is 18.3 Å². The monoisotopic (exact) mass is 369 g/mol. The van der Waals surface area contributed by atoms with E-state index in [9.17, 15) is 9.90 Å². The maximum absolute atomic E-state index is 11.8. The molecule has 21 heavy (non-hydrogen) atoms. The summed E-state index contributed by atoms with van der Waals surface area (Å²) in [5, 5.41) is 13.0. The molecule has 0 saturated heterocycles. The van der Waals surface area contributed by atoms with Gasteiger partial charge in [0, 0.05) is 10.7 Å². The standard InChI is InChI=1S/C15H13BrClNO3/c1-9-6-11(7-13(16)15(9)20)18-14(19)8-21-12-4-2-10(17)3-5-12/h2-7,20H,8H2,1H3,(H,18,19). The first-order valence-electron chi connectivity index (χ1n) is 6.13. The number of ether oxygens (including phenoxy) is 1. The van der Waals surface area contributed by atoms with Crippen LogP contribution in [0.15, 0.2) is 40.9 Å². The second-order valence-electron chi connectivity index (χ2n) is 4.41. The molecule has 110 valence electrons. The number of halogens is 2. The minimum absolute atomic E-state index is 0.112. The average molecular weight is 371 g/mol. The van der Waals surface area contributed by atoms with Gasteiger partial charge in [-0.15, -0.1) is 0 Å². The molecule has 0 aliphatic carbocycles. The second kappa shape index (κ2) is 6.83. The Labute approximate surface area is 135 Å². The molecule has 0 fully saturated rings. The van der Waals surface area contributed by atoms with Crippen molar-refractivity contribution in [2.75, 3.05) is 11.9 Å². The smallest absolute Gasteiger partial charge is 0.262 e. The maximum atomic E-state index is 11.8. The van der Waals surface area contributed by atoms with Crippen LogP contribution in [0.4, 0.5) is 5.69 Å². The number of carbonyl (C=O) groups excluding carboxylic acids is 1. The normalized spacial score (nSPS) is 10.2. The number of hydrogen-bond donors (Lipinski definition) is 2. The Morgan fingerprint density at radius 2 is 2.00 bits per heavy atom. The van der Waals surface area contributed by atoms with E-state index in [1.165, 1.54) is 0 Å². The summed E-state index contributed by atoms with van der Waals surface area (Å²) >= 11 is 8.99. The molecule has 0 spiro atoms. The molecule has 0 atom stereocenters. The van der Waals surface area contributed by atoms with Crippen molar-refractivity contribution in [1.82, 2.24) is 0 Å². The summed E-state index contributed by atoms with van der Waals surface area (Å²) in [4.78, 5) is 11.8. The maximum Gasteiger partial charge on any atom is 0.262 e. The number of phenols is 1. The summed E-state index contributed by atoms with van der Waals surface area (Å²) in [6, 6.07) is 10.1. The topological polar surface area (TPSA) is 58.6 Å². The number of amides is 1. The zero-order valence-corrected chi connectivity index (χ0v) is 13.5. The van der Waals surface area contributed by atoms with Crippen LogP contribution < -0.4 is 10.1 Å². The van der Waals surface area contributed by atoms with Crippen molar-refractivity contribution in [3.63, 3.8) is 0 Å². The highest BCUT2D eigenvalue weighted by molar-refractivity contribution is 9.10. The minimum Gasteiger partial charge on any atom is -0.506 e. The summed E-state index contributed by atoms with van der Waals surface area (Å²) in [6.07, 6.45) is 0. The molecule has 1 amide bonds. The van der Waals surface area contributed by atoms with Crippen LogP contribution in [-0.4, -0.2) is 17.6 Å². The van der Waals surface area contributed by atoms with Gasteiger partial charge in [-0.2, -0.15) is 0 Å². The molecule has 6 heteroatoms. The van der Waals surface area contributed by atoms with Crippen LogP contribution in [0.1, 0.15) is 5.56 Å². The van der Waals surface area contributed by atoms with Gasteiger partial charge in [-0.1, -0.05) is 11.6 Å². The van der Waals surface area contributed by atoms with Gasteiger partial charge in [-0.05, 0) is 64.8 Å². The molecule has 0 unspecified atom stereocenters. The van der Waals surface area contributed by atoms with E-state index in [0.29, 0.717) is 26.5 Å². The molecule has 0 saturated carbocycles. The largest absolute Gasteiger partial charge is 0.506 e. The van der Waals surface area contributed by atoms with Gasteiger partial charge in [-0.25, -0.2) is 0 Å². The molecule has 0 radical (unpaired) electrons. The molecule has 2 rings (SSSR count). The lowest BCUT2D eigenvalue weighted by Gasteiger charge is -2.10. The number of carbonyl (C=O) groups is 1. The van der Waals surface area contributed by atoms with Gasteiger partial charge in [0.05, 0.1) is 4.47 Å². The van der Waals surface area contributed by atoms with Crippen LogP contribution in [0.3, 0.4) is 0 Å². The lowest BCUT2D eigenvalue weighted by Crippen LogP contribution is -2.20. The van der Waals surface area contributed by atoms with Gasteiger partial charge in [0.2, 0.25) is 0 Å². The Hall–Kier alpha value is -1.72. The Balaban J connectivity index is 1.94. The van der Waals surface area contributed by atoms with Crippen LogP contribution in [0, 0.1) is 6.92 Å². The molecular formula is C15H13BrClNO3. The molecule has 4 nitrogen and oxygen atoms in total. The zero-order valence-electron chi connectivity index (χ0n) is 11.2. The quantitative estimate of drug-likeness (QED) is 0.796. The van der Waals surface area contributed by atoms with Gasteiger partial charge in [0.25, 0.3) is 5.91 Å². The van der Waals surface area contributed by atoms with E-state index < -0.39 is 0 Å².